The molecule has 1 nitrogen and oxygen atoms in total. The third-order valence-corrected chi connectivity index (χ3v) is 1.89. The summed E-state index contributed by atoms with van der Waals surface area (Å²) >= 11 is 5.96. The van der Waals surface area contributed by atoms with E-state index >= 15 is 0 Å². The highest BCUT2D eigenvalue weighted by atomic mass is 79.9. The molecule has 0 aliphatic rings. The number of aromatic nitrogens is 1. The lowest BCUT2D eigenvalue weighted by Gasteiger charge is -1.96. The number of nitrogens with zero attached hydrogens (tertiary/aromatic N) is 1. The monoisotopic (exact) mass is 254 g/mol. The van der Waals surface area contributed by atoms with Crippen molar-refractivity contribution in [3.63, 3.8) is 0 Å². The van der Waals surface area contributed by atoms with Crippen LogP contribution in [0.25, 0.3) is 0 Å². The summed E-state index contributed by atoms with van der Waals surface area (Å²) in [5.41, 5.74) is -0.0810. The van der Waals surface area contributed by atoms with E-state index in [0.717, 1.165) is 0 Å². The van der Waals surface area contributed by atoms with Gasteiger partial charge in [0.05, 0.1) is 2.74 Å². The fourth-order valence-electron chi connectivity index (χ4n) is 0.334. The summed E-state index contributed by atoms with van der Waals surface area (Å²) in [5, 5.41) is 0. The Morgan fingerprint density at radius 2 is 2.11 bits per heavy atom. The van der Waals surface area contributed by atoms with Crippen molar-refractivity contribution in [3.05, 3.63) is 26.9 Å². The van der Waals surface area contributed by atoms with Crippen LogP contribution in [-0.4, -0.2) is 4.98 Å². The highest BCUT2D eigenvalue weighted by Crippen LogP contribution is 2.21. The largest absolute Gasteiger partial charge is 0.262 e. The lowest BCUT2D eigenvalue weighted by Crippen LogP contribution is -1.79. The first-order valence-corrected chi connectivity index (χ1v) is 3.66. The summed E-state index contributed by atoms with van der Waals surface area (Å²) in [4.78, 5) is 3.54. The summed E-state index contributed by atoms with van der Waals surface area (Å²) in [6, 6.07) is 0. The Kier molecular flexibility index (Phi) is 0.935. The molecule has 0 bridgehead atoms. The van der Waals surface area contributed by atoms with E-state index in [1.807, 2.05) is 0 Å². The van der Waals surface area contributed by atoms with E-state index in [-0.39, 0.29) is 26.9 Å². The maximum absolute atomic E-state index is 7.33. The van der Waals surface area contributed by atoms with Gasteiger partial charge in [0.15, 0.2) is 0 Å². The third kappa shape index (κ3) is 1.52. The fraction of sp³-hybridized carbons (Fsp3) is 0.167. The molecule has 0 aliphatic heterocycles. The molecule has 0 N–H and O–H groups in total. The van der Waals surface area contributed by atoms with Gasteiger partial charge in [0.2, 0.25) is 0 Å². The molecule has 0 radical (unpaired) electrons. The van der Waals surface area contributed by atoms with Crippen molar-refractivity contribution < 1.29 is 6.85 Å². The maximum atomic E-state index is 7.33. The number of rotatable bonds is 0. The van der Waals surface area contributed by atoms with E-state index in [1.54, 1.807) is 0 Å². The van der Waals surface area contributed by atoms with Crippen molar-refractivity contribution in [1.29, 1.82) is 0 Å². The van der Waals surface area contributed by atoms with Gasteiger partial charge in [-0.15, -0.1) is 0 Å². The van der Waals surface area contributed by atoms with Gasteiger partial charge in [-0.1, -0.05) is 0 Å². The van der Waals surface area contributed by atoms with Crippen molar-refractivity contribution >= 4 is 31.9 Å². The Morgan fingerprint density at radius 3 is 2.56 bits per heavy atom. The van der Waals surface area contributed by atoms with Gasteiger partial charge in [0.25, 0.3) is 0 Å². The van der Waals surface area contributed by atoms with Crippen LogP contribution >= 0.6 is 31.9 Å². The van der Waals surface area contributed by atoms with Crippen LogP contribution in [0.15, 0.2) is 21.3 Å². The molecule has 0 aromatic carbocycles. The Balaban J connectivity index is 3.56. The molecule has 0 fully saturated rings. The van der Waals surface area contributed by atoms with Crippen LogP contribution in [0.5, 0.6) is 0 Å². The molecule has 1 aromatic heterocycles. The van der Waals surface area contributed by atoms with Gasteiger partial charge in [-0.3, -0.25) is 4.98 Å². The van der Waals surface area contributed by atoms with Crippen molar-refractivity contribution in [3.8, 4) is 0 Å². The van der Waals surface area contributed by atoms with E-state index in [2.05, 4.69) is 36.8 Å². The molecule has 0 amide bonds. The number of pyridine rings is 1. The van der Waals surface area contributed by atoms with Crippen LogP contribution in [-0.2, 0) is 0 Å². The van der Waals surface area contributed by atoms with Crippen LogP contribution < -0.4 is 0 Å². The first-order chi connectivity index (χ1) is 6.25. The van der Waals surface area contributed by atoms with E-state index in [9.17, 15) is 0 Å². The summed E-state index contributed by atoms with van der Waals surface area (Å²) in [6.45, 7) is -2.37. The molecular formula is C6H5Br2N. The van der Waals surface area contributed by atoms with Crippen molar-refractivity contribution in [1.82, 2.24) is 4.98 Å². The zero-order valence-corrected chi connectivity index (χ0v) is 7.38. The maximum Gasteiger partial charge on any atom is 0.0852 e. The van der Waals surface area contributed by atoms with E-state index in [1.165, 1.54) is 0 Å². The quantitative estimate of drug-likeness (QED) is 0.695. The lowest BCUT2D eigenvalue weighted by atomic mass is 10.3. The number of halogens is 2. The van der Waals surface area contributed by atoms with Crippen LogP contribution in [0.2, 0.25) is 0 Å². The smallest absolute Gasteiger partial charge is 0.0852 e. The van der Waals surface area contributed by atoms with E-state index in [4.69, 9.17) is 6.85 Å². The zero-order valence-electron chi connectivity index (χ0n) is 9.20. The first-order valence-electron chi connectivity index (χ1n) is 4.58. The van der Waals surface area contributed by atoms with Crippen LogP contribution in [0.4, 0.5) is 0 Å². The topological polar surface area (TPSA) is 12.9 Å². The highest BCUT2D eigenvalue weighted by molar-refractivity contribution is 9.11. The van der Waals surface area contributed by atoms with Gasteiger partial charge >= 0.3 is 0 Å². The molecule has 0 saturated heterocycles. The predicted octanol–water partition coefficient (Wildman–Crippen LogP) is 2.92. The van der Waals surface area contributed by atoms with Gasteiger partial charge in [0, 0.05) is 25.4 Å². The summed E-state index contributed by atoms with van der Waals surface area (Å²) in [6.07, 6.45) is -0.492. The average Bonchev–Trinajstić information content (AvgIpc) is 1.98. The fourth-order valence-corrected chi connectivity index (χ4v) is 1.17. The Labute approximate surface area is 77.8 Å². The SMILES string of the molecule is [2H]c1nc([2H])c(Br)c(C([2H])([2H])[2H])c1Br. The van der Waals surface area contributed by atoms with E-state index < -0.39 is 6.85 Å². The molecule has 0 unspecified atom stereocenters. The van der Waals surface area contributed by atoms with Crippen molar-refractivity contribution in [2.45, 2.75) is 6.85 Å². The molecule has 1 aromatic rings. The van der Waals surface area contributed by atoms with Crippen LogP contribution in [0, 0.1) is 6.85 Å². The Hall–Kier alpha value is 0.110. The minimum absolute atomic E-state index is 0.0810. The molecular weight excluding hydrogens is 246 g/mol. The van der Waals surface area contributed by atoms with Gasteiger partial charge < -0.3 is 0 Å². The highest BCUT2D eigenvalue weighted by Gasteiger charge is 1.96. The standard InChI is InChI=1S/C6H5Br2N/c1-4-5(7)2-9-3-6(4)8/h2-3H,1H3/i1D3,2D,3D. The zero-order chi connectivity index (χ0) is 11.1. The Morgan fingerprint density at radius 1 is 1.56 bits per heavy atom. The summed E-state index contributed by atoms with van der Waals surface area (Å²) in [5.74, 6) is 0. The second-order valence-corrected chi connectivity index (χ2v) is 2.92. The molecule has 1 rings (SSSR count). The predicted molar refractivity (Wildman–Crippen MR) is 44.4 cm³/mol. The molecule has 9 heavy (non-hydrogen) atoms. The van der Waals surface area contributed by atoms with Crippen LogP contribution in [0.3, 0.4) is 0 Å². The summed E-state index contributed by atoms with van der Waals surface area (Å²) in [7, 11) is 0. The second-order valence-electron chi connectivity index (χ2n) is 1.34. The molecule has 0 aliphatic carbocycles. The Bertz CT molecular complexity index is 349. The molecule has 0 atom stereocenters. The van der Waals surface area contributed by atoms with Crippen molar-refractivity contribution in [2.24, 2.45) is 0 Å². The number of hydrogen-bond donors (Lipinski definition) is 0. The molecule has 1 heterocycles. The minimum Gasteiger partial charge on any atom is -0.262 e. The van der Waals surface area contributed by atoms with Gasteiger partial charge in [-0.05, 0) is 44.3 Å². The number of hydrogen-bond acceptors (Lipinski definition) is 1. The lowest BCUT2D eigenvalue weighted by molar-refractivity contribution is 1.24. The summed E-state index contributed by atoms with van der Waals surface area (Å²) < 4.78 is 36.5. The van der Waals surface area contributed by atoms with Gasteiger partial charge in [-0.2, -0.15) is 0 Å². The molecule has 48 valence electrons. The van der Waals surface area contributed by atoms with Gasteiger partial charge in [-0.25, -0.2) is 0 Å². The van der Waals surface area contributed by atoms with Crippen molar-refractivity contribution in [2.75, 3.05) is 0 Å². The van der Waals surface area contributed by atoms with Crippen LogP contribution in [0.1, 0.15) is 12.4 Å². The normalized spacial score (nSPS) is 19.1. The van der Waals surface area contributed by atoms with Gasteiger partial charge in [0.1, 0.15) is 0 Å². The molecule has 0 saturated carbocycles. The molecule has 3 heteroatoms. The minimum atomic E-state index is -2.37. The average molecular weight is 256 g/mol. The first kappa shape index (κ1) is 3.01. The second kappa shape index (κ2) is 2.80. The third-order valence-electron chi connectivity index (χ3n) is 0.747. The molecule has 0 spiro atoms. The van der Waals surface area contributed by atoms with E-state index in [0.29, 0.717) is 0 Å².